The van der Waals surface area contributed by atoms with Crippen molar-refractivity contribution in [2.75, 3.05) is 12.8 Å². The van der Waals surface area contributed by atoms with Gasteiger partial charge in [-0.25, -0.2) is 0 Å². The van der Waals surface area contributed by atoms with E-state index < -0.39 is 0 Å². The molecule has 144 valence electrons. The minimum atomic E-state index is 0.0395. The first-order valence-electron chi connectivity index (χ1n) is 9.05. The van der Waals surface area contributed by atoms with Gasteiger partial charge < -0.3 is 9.88 Å². The number of aromatic nitrogens is 5. The van der Waals surface area contributed by atoms with E-state index in [1.807, 2.05) is 31.8 Å². The van der Waals surface area contributed by atoms with Crippen molar-refractivity contribution in [3.8, 4) is 0 Å². The second-order valence-electron chi connectivity index (χ2n) is 7.01. The Morgan fingerprint density at radius 3 is 2.58 bits per heavy atom. The van der Waals surface area contributed by atoms with Crippen LogP contribution in [0.15, 0.2) is 5.16 Å². The van der Waals surface area contributed by atoms with Gasteiger partial charge in [0.2, 0.25) is 5.91 Å². The van der Waals surface area contributed by atoms with Crippen LogP contribution in [0.1, 0.15) is 43.0 Å². The summed E-state index contributed by atoms with van der Waals surface area (Å²) in [5.74, 6) is 1.58. The predicted octanol–water partition coefficient (Wildman–Crippen LogP) is 2.30. The Kier molecular flexibility index (Phi) is 7.25. The van der Waals surface area contributed by atoms with Crippen molar-refractivity contribution in [1.82, 2.24) is 29.9 Å². The molecule has 2 rings (SSSR count). The van der Waals surface area contributed by atoms with E-state index in [1.165, 1.54) is 0 Å². The highest BCUT2D eigenvalue weighted by atomic mass is 32.2. The van der Waals surface area contributed by atoms with Crippen molar-refractivity contribution >= 4 is 17.7 Å². The van der Waals surface area contributed by atoms with Crippen LogP contribution >= 0.6 is 11.8 Å². The van der Waals surface area contributed by atoms with Crippen molar-refractivity contribution in [3.63, 3.8) is 0 Å². The third kappa shape index (κ3) is 5.09. The maximum Gasteiger partial charge on any atom is 0.224 e. The van der Waals surface area contributed by atoms with E-state index >= 15 is 0 Å². The number of hydrogen-bond acceptors (Lipinski definition) is 5. The molecule has 0 atom stereocenters. The number of amides is 1. The second-order valence-corrected chi connectivity index (χ2v) is 7.78. The molecule has 0 fully saturated rings. The third-order valence-electron chi connectivity index (χ3n) is 4.42. The Morgan fingerprint density at radius 2 is 2.00 bits per heavy atom. The Balaban J connectivity index is 1.83. The van der Waals surface area contributed by atoms with E-state index in [0.29, 0.717) is 18.9 Å². The molecule has 26 heavy (non-hydrogen) atoms. The molecule has 0 radical (unpaired) electrons. The van der Waals surface area contributed by atoms with Gasteiger partial charge in [-0.15, -0.1) is 10.2 Å². The molecule has 0 saturated carbocycles. The Bertz CT molecular complexity index is 749. The summed E-state index contributed by atoms with van der Waals surface area (Å²) in [4.78, 5) is 12.2. The summed E-state index contributed by atoms with van der Waals surface area (Å²) >= 11 is 1.62. The molecule has 0 aromatic carbocycles. The molecule has 2 aromatic rings. The summed E-state index contributed by atoms with van der Waals surface area (Å²) in [6, 6.07) is 0. The number of carbonyl (C=O) groups is 1. The summed E-state index contributed by atoms with van der Waals surface area (Å²) in [6.45, 7) is 9.88. The lowest BCUT2D eigenvalue weighted by atomic mass is 10.1. The van der Waals surface area contributed by atoms with Crippen molar-refractivity contribution in [2.45, 2.75) is 58.7 Å². The zero-order valence-corrected chi connectivity index (χ0v) is 17.5. The van der Waals surface area contributed by atoms with Gasteiger partial charge in [0.15, 0.2) is 5.16 Å². The normalized spacial score (nSPS) is 11.3. The van der Waals surface area contributed by atoms with Crippen molar-refractivity contribution < 1.29 is 4.79 Å². The van der Waals surface area contributed by atoms with Gasteiger partial charge in [-0.3, -0.25) is 9.48 Å². The number of carbonyl (C=O) groups excluding carboxylic acids is 1. The molecule has 0 aliphatic rings. The fraction of sp³-hybridized carbons (Fsp3) is 0.667. The number of aryl methyl sites for hydroxylation is 3. The van der Waals surface area contributed by atoms with Gasteiger partial charge in [0.1, 0.15) is 5.82 Å². The average Bonchev–Trinajstić information content (AvgIpc) is 3.06. The maximum atomic E-state index is 12.2. The highest BCUT2D eigenvalue weighted by Crippen LogP contribution is 2.17. The molecule has 0 saturated heterocycles. The molecule has 1 amide bonds. The quantitative estimate of drug-likeness (QED) is 0.535. The van der Waals surface area contributed by atoms with Gasteiger partial charge >= 0.3 is 0 Å². The minimum Gasteiger partial charge on any atom is -0.356 e. The fourth-order valence-corrected chi connectivity index (χ4v) is 3.50. The van der Waals surface area contributed by atoms with Crippen molar-refractivity contribution in [2.24, 2.45) is 13.0 Å². The van der Waals surface area contributed by atoms with E-state index in [-0.39, 0.29) is 5.91 Å². The summed E-state index contributed by atoms with van der Waals surface area (Å²) in [7, 11) is 1.90. The van der Waals surface area contributed by atoms with Crippen LogP contribution < -0.4 is 5.32 Å². The first-order valence-corrected chi connectivity index (χ1v) is 10.3. The van der Waals surface area contributed by atoms with Crippen molar-refractivity contribution in [3.05, 3.63) is 22.8 Å². The SMILES string of the molecule is CSc1nnc(CCCNC(=O)Cc2c(C)nn(C)c2C)n1CC(C)C. The molecule has 7 nitrogen and oxygen atoms in total. The topological polar surface area (TPSA) is 77.6 Å². The first kappa shape index (κ1) is 20.5. The molecule has 2 heterocycles. The smallest absolute Gasteiger partial charge is 0.224 e. The summed E-state index contributed by atoms with van der Waals surface area (Å²) in [5, 5.41) is 16.9. The molecule has 1 N–H and O–H groups in total. The number of nitrogens with zero attached hydrogens (tertiary/aromatic N) is 5. The van der Waals surface area contributed by atoms with Gasteiger partial charge in [-0.1, -0.05) is 25.6 Å². The van der Waals surface area contributed by atoms with Crippen LogP contribution in [0.2, 0.25) is 0 Å². The molecular formula is C18H30N6OS. The zero-order chi connectivity index (χ0) is 19.3. The van der Waals surface area contributed by atoms with Crippen LogP contribution in [-0.4, -0.2) is 43.3 Å². The van der Waals surface area contributed by atoms with E-state index in [9.17, 15) is 4.79 Å². The molecule has 0 bridgehead atoms. The molecule has 8 heteroatoms. The number of hydrogen-bond donors (Lipinski definition) is 1. The molecule has 0 aliphatic heterocycles. The lowest BCUT2D eigenvalue weighted by molar-refractivity contribution is -0.120. The molecule has 2 aromatic heterocycles. The van der Waals surface area contributed by atoms with Gasteiger partial charge in [0.05, 0.1) is 12.1 Å². The highest BCUT2D eigenvalue weighted by Gasteiger charge is 2.14. The van der Waals surface area contributed by atoms with Gasteiger partial charge in [-0.2, -0.15) is 5.10 Å². The number of rotatable bonds is 9. The van der Waals surface area contributed by atoms with Crippen LogP contribution in [0.25, 0.3) is 0 Å². The Labute approximate surface area is 160 Å². The number of thioether (sulfide) groups is 1. The van der Waals surface area contributed by atoms with Crippen LogP contribution in [-0.2, 0) is 31.2 Å². The first-order chi connectivity index (χ1) is 12.3. The van der Waals surface area contributed by atoms with E-state index in [2.05, 4.69) is 39.0 Å². The zero-order valence-electron chi connectivity index (χ0n) is 16.7. The van der Waals surface area contributed by atoms with E-state index in [1.54, 1.807) is 11.8 Å². The molecule has 0 aliphatic carbocycles. The van der Waals surface area contributed by atoms with Crippen LogP contribution in [0.3, 0.4) is 0 Å². The van der Waals surface area contributed by atoms with E-state index in [0.717, 1.165) is 47.3 Å². The number of nitrogens with one attached hydrogen (secondary N) is 1. The minimum absolute atomic E-state index is 0.0395. The standard InChI is InChI=1S/C18H30N6OS/c1-12(2)11-24-16(20-21-18(24)26-6)8-7-9-19-17(25)10-15-13(3)22-23(5)14(15)4/h12H,7-11H2,1-6H3,(H,19,25). The fourth-order valence-electron chi connectivity index (χ4n) is 2.97. The molecular weight excluding hydrogens is 348 g/mol. The molecule has 0 spiro atoms. The lowest BCUT2D eigenvalue weighted by Gasteiger charge is -2.11. The van der Waals surface area contributed by atoms with Crippen molar-refractivity contribution in [1.29, 1.82) is 0 Å². The van der Waals surface area contributed by atoms with E-state index in [4.69, 9.17) is 0 Å². The van der Waals surface area contributed by atoms with Gasteiger partial charge in [0, 0.05) is 37.8 Å². The Hall–Kier alpha value is -1.83. The molecule has 0 unspecified atom stereocenters. The monoisotopic (exact) mass is 378 g/mol. The van der Waals surface area contributed by atoms with Crippen LogP contribution in [0.5, 0.6) is 0 Å². The van der Waals surface area contributed by atoms with Crippen LogP contribution in [0.4, 0.5) is 0 Å². The highest BCUT2D eigenvalue weighted by molar-refractivity contribution is 7.98. The summed E-state index contributed by atoms with van der Waals surface area (Å²) in [5.41, 5.74) is 2.99. The third-order valence-corrected chi connectivity index (χ3v) is 5.09. The largest absolute Gasteiger partial charge is 0.356 e. The Morgan fingerprint density at radius 1 is 1.27 bits per heavy atom. The maximum absolute atomic E-state index is 12.2. The van der Waals surface area contributed by atoms with Gasteiger partial charge in [0.25, 0.3) is 0 Å². The predicted molar refractivity (Wildman–Crippen MR) is 104 cm³/mol. The second kappa shape index (κ2) is 9.21. The lowest BCUT2D eigenvalue weighted by Crippen LogP contribution is -2.27. The average molecular weight is 379 g/mol. The van der Waals surface area contributed by atoms with Gasteiger partial charge in [-0.05, 0) is 32.4 Å². The summed E-state index contributed by atoms with van der Waals surface area (Å²) in [6.07, 6.45) is 4.06. The van der Waals surface area contributed by atoms with Crippen LogP contribution in [0, 0.1) is 19.8 Å². The summed E-state index contributed by atoms with van der Waals surface area (Å²) < 4.78 is 4.02.